The Morgan fingerprint density at radius 2 is 2.05 bits per heavy atom. The fraction of sp³-hybridized carbons (Fsp3) is 0.267. The first-order chi connectivity index (χ1) is 8.70. The van der Waals surface area contributed by atoms with Gasteiger partial charge in [-0.25, -0.2) is 4.98 Å². The van der Waals surface area contributed by atoms with Gasteiger partial charge in [-0.1, -0.05) is 37.6 Å². The summed E-state index contributed by atoms with van der Waals surface area (Å²) < 4.78 is 1.98. The van der Waals surface area contributed by atoms with Gasteiger partial charge >= 0.3 is 0 Å². The number of hydrogen-bond donors (Lipinski definition) is 0. The third-order valence-electron chi connectivity index (χ3n) is 3.13. The van der Waals surface area contributed by atoms with Gasteiger partial charge in [-0.2, -0.15) is 0 Å². The van der Waals surface area contributed by atoms with E-state index in [0.29, 0.717) is 5.92 Å². The maximum atomic E-state index is 5.94. The highest BCUT2D eigenvalue weighted by molar-refractivity contribution is 6.30. The molecule has 1 aromatic heterocycles. The minimum absolute atomic E-state index is 0. The molecule has 0 saturated carbocycles. The van der Waals surface area contributed by atoms with Gasteiger partial charge in [0.05, 0.1) is 6.33 Å². The second-order valence-electron chi connectivity index (χ2n) is 4.41. The summed E-state index contributed by atoms with van der Waals surface area (Å²) in [5.41, 5.74) is 2.51. The Morgan fingerprint density at radius 1 is 1.37 bits per heavy atom. The van der Waals surface area contributed by atoms with Crippen molar-refractivity contribution in [2.24, 2.45) is 5.92 Å². The van der Waals surface area contributed by atoms with E-state index >= 15 is 0 Å². The Labute approximate surface area is 125 Å². The zero-order chi connectivity index (χ0) is 13.0. The number of benzene rings is 1. The van der Waals surface area contributed by atoms with Crippen molar-refractivity contribution in [1.82, 2.24) is 9.55 Å². The minimum Gasteiger partial charge on any atom is -0.313 e. The number of aromatic nitrogens is 2. The molecule has 0 saturated heterocycles. The lowest BCUT2D eigenvalue weighted by atomic mass is 9.93. The molecule has 0 spiro atoms. The number of allylic oxidation sites excluding steroid dienone is 1. The molecular formula is C15H18Cl2N2. The molecule has 2 nitrogen and oxygen atoms in total. The minimum atomic E-state index is 0. The van der Waals surface area contributed by atoms with E-state index in [1.807, 2.05) is 22.9 Å². The smallest absolute Gasteiger partial charge is 0.0986 e. The van der Waals surface area contributed by atoms with Crippen molar-refractivity contribution in [3.63, 3.8) is 0 Å². The lowest BCUT2D eigenvalue weighted by Crippen LogP contribution is -1.99. The first-order valence-corrected chi connectivity index (χ1v) is 6.53. The molecule has 1 unspecified atom stereocenters. The zero-order valence-corrected chi connectivity index (χ0v) is 12.7. The second kappa shape index (κ2) is 7.37. The molecule has 4 heteroatoms. The molecule has 0 N–H and O–H groups in total. The molecule has 19 heavy (non-hydrogen) atoms. The Hall–Kier alpha value is -1.25. The number of hydrogen-bond acceptors (Lipinski definition) is 1. The van der Waals surface area contributed by atoms with Crippen molar-refractivity contribution >= 4 is 35.8 Å². The van der Waals surface area contributed by atoms with Crippen LogP contribution in [0.5, 0.6) is 0 Å². The number of halogens is 2. The SMILES string of the molecule is CCC(C)/C(=C\n1ccnc1)c1ccc(Cl)cc1.Cl. The molecule has 0 aliphatic rings. The summed E-state index contributed by atoms with van der Waals surface area (Å²) in [7, 11) is 0. The van der Waals surface area contributed by atoms with Crippen LogP contribution in [0.25, 0.3) is 11.8 Å². The molecule has 0 aliphatic heterocycles. The summed E-state index contributed by atoms with van der Waals surface area (Å²) in [6.07, 6.45) is 8.76. The normalized spacial score (nSPS) is 12.9. The van der Waals surface area contributed by atoms with Crippen LogP contribution >= 0.6 is 24.0 Å². The van der Waals surface area contributed by atoms with E-state index in [1.165, 1.54) is 11.1 Å². The van der Waals surface area contributed by atoms with Crippen LogP contribution in [0, 0.1) is 5.92 Å². The zero-order valence-electron chi connectivity index (χ0n) is 11.1. The van der Waals surface area contributed by atoms with Crippen LogP contribution < -0.4 is 0 Å². The first-order valence-electron chi connectivity index (χ1n) is 6.15. The highest BCUT2D eigenvalue weighted by Crippen LogP contribution is 2.27. The Morgan fingerprint density at radius 3 is 2.58 bits per heavy atom. The quantitative estimate of drug-likeness (QED) is 0.776. The molecule has 0 amide bonds. The van der Waals surface area contributed by atoms with Crippen LogP contribution in [0.2, 0.25) is 5.02 Å². The van der Waals surface area contributed by atoms with Crippen molar-refractivity contribution in [3.8, 4) is 0 Å². The van der Waals surface area contributed by atoms with Crippen LogP contribution in [0.4, 0.5) is 0 Å². The van der Waals surface area contributed by atoms with Crippen molar-refractivity contribution in [1.29, 1.82) is 0 Å². The largest absolute Gasteiger partial charge is 0.313 e. The van der Waals surface area contributed by atoms with Gasteiger partial charge in [-0.05, 0) is 35.6 Å². The molecule has 2 rings (SSSR count). The Kier molecular flexibility index (Phi) is 6.13. The average molecular weight is 297 g/mol. The van der Waals surface area contributed by atoms with Crippen LogP contribution in [-0.4, -0.2) is 9.55 Å². The van der Waals surface area contributed by atoms with Crippen LogP contribution in [-0.2, 0) is 0 Å². The molecule has 1 atom stereocenters. The standard InChI is InChI=1S/C15H17ClN2.ClH/c1-3-12(2)15(10-18-9-8-17-11-18)13-4-6-14(16)7-5-13;/h4-12H,3H2,1-2H3;1H/b15-10+;. The van der Waals surface area contributed by atoms with Gasteiger partial charge in [0.1, 0.15) is 0 Å². The molecular weight excluding hydrogens is 279 g/mol. The molecule has 0 aliphatic carbocycles. The van der Waals surface area contributed by atoms with E-state index in [9.17, 15) is 0 Å². The van der Waals surface area contributed by atoms with Gasteiger partial charge < -0.3 is 4.57 Å². The van der Waals surface area contributed by atoms with Crippen molar-refractivity contribution in [2.75, 3.05) is 0 Å². The predicted molar refractivity (Wildman–Crippen MR) is 84.5 cm³/mol. The van der Waals surface area contributed by atoms with Crippen molar-refractivity contribution in [3.05, 3.63) is 53.6 Å². The Bertz CT molecular complexity index is 516. The van der Waals surface area contributed by atoms with Crippen LogP contribution in [0.1, 0.15) is 25.8 Å². The fourth-order valence-electron chi connectivity index (χ4n) is 1.85. The van der Waals surface area contributed by atoms with Gasteiger partial charge in [0.25, 0.3) is 0 Å². The van der Waals surface area contributed by atoms with E-state index in [-0.39, 0.29) is 12.4 Å². The molecule has 2 aromatic rings. The van der Waals surface area contributed by atoms with E-state index in [0.717, 1.165) is 11.4 Å². The van der Waals surface area contributed by atoms with Crippen LogP contribution in [0.15, 0.2) is 43.0 Å². The highest BCUT2D eigenvalue weighted by atomic mass is 35.5. The molecule has 0 radical (unpaired) electrons. The summed E-state index contributed by atoms with van der Waals surface area (Å²) in [4.78, 5) is 4.07. The lowest BCUT2D eigenvalue weighted by Gasteiger charge is -2.15. The third-order valence-corrected chi connectivity index (χ3v) is 3.39. The van der Waals surface area contributed by atoms with Crippen LogP contribution in [0.3, 0.4) is 0 Å². The molecule has 1 heterocycles. The van der Waals surface area contributed by atoms with E-state index in [2.05, 4.69) is 37.2 Å². The van der Waals surface area contributed by atoms with Gasteiger partial charge in [-0.3, -0.25) is 0 Å². The maximum absolute atomic E-state index is 5.94. The van der Waals surface area contributed by atoms with Gasteiger partial charge in [0.15, 0.2) is 0 Å². The Balaban J connectivity index is 0.00000180. The number of rotatable bonds is 4. The molecule has 0 fully saturated rings. The van der Waals surface area contributed by atoms with Crippen molar-refractivity contribution < 1.29 is 0 Å². The highest BCUT2D eigenvalue weighted by Gasteiger charge is 2.09. The fourth-order valence-corrected chi connectivity index (χ4v) is 1.98. The third kappa shape index (κ3) is 4.12. The summed E-state index contributed by atoms with van der Waals surface area (Å²) >= 11 is 5.94. The summed E-state index contributed by atoms with van der Waals surface area (Å²) in [6, 6.07) is 8.00. The molecule has 0 bridgehead atoms. The second-order valence-corrected chi connectivity index (χ2v) is 4.85. The van der Waals surface area contributed by atoms with E-state index < -0.39 is 0 Å². The summed E-state index contributed by atoms with van der Waals surface area (Å²) in [6.45, 7) is 4.43. The molecule has 1 aromatic carbocycles. The maximum Gasteiger partial charge on any atom is 0.0986 e. The van der Waals surface area contributed by atoms with E-state index in [4.69, 9.17) is 11.6 Å². The first kappa shape index (κ1) is 15.8. The lowest BCUT2D eigenvalue weighted by molar-refractivity contribution is 0.718. The number of nitrogens with zero attached hydrogens (tertiary/aromatic N) is 2. The molecule has 102 valence electrons. The number of imidazole rings is 1. The summed E-state index contributed by atoms with van der Waals surface area (Å²) in [5, 5.41) is 0.768. The van der Waals surface area contributed by atoms with E-state index in [1.54, 1.807) is 12.5 Å². The van der Waals surface area contributed by atoms with Gasteiger partial charge in [0.2, 0.25) is 0 Å². The topological polar surface area (TPSA) is 17.8 Å². The van der Waals surface area contributed by atoms with Gasteiger partial charge in [-0.15, -0.1) is 12.4 Å². The average Bonchev–Trinajstić information content (AvgIpc) is 2.89. The summed E-state index contributed by atoms with van der Waals surface area (Å²) in [5.74, 6) is 0.494. The predicted octanol–water partition coefficient (Wildman–Crippen LogP) is 5.00. The van der Waals surface area contributed by atoms with Gasteiger partial charge in [0, 0.05) is 23.6 Å². The van der Waals surface area contributed by atoms with Crippen molar-refractivity contribution in [2.45, 2.75) is 20.3 Å². The monoisotopic (exact) mass is 296 g/mol.